The van der Waals surface area contributed by atoms with Gasteiger partial charge < -0.3 is 15.4 Å². The van der Waals surface area contributed by atoms with E-state index >= 15 is 0 Å². The maximum absolute atomic E-state index is 12.2. The molecule has 3 rings (SSSR count). The fraction of sp³-hybridized carbons (Fsp3) is 0.211. The number of nitrogens with zero attached hydrogens (tertiary/aromatic N) is 2. The highest BCUT2D eigenvalue weighted by Crippen LogP contribution is 2.23. The standard InChI is InChI=1S/C19H20N4O2S/c1-2-25-16-5-3-15(4-6-16)22-19-23-17(13-26-19)18(24)21-12-9-14-7-10-20-11-8-14/h3-8,10-11,13H,2,9,12H2,1H3,(H,21,24)(H,22,23). The Hall–Kier alpha value is -2.93. The number of thiazole rings is 1. The van der Waals surface area contributed by atoms with Crippen molar-refractivity contribution in [3.05, 3.63) is 65.4 Å². The van der Waals surface area contributed by atoms with Crippen molar-refractivity contribution < 1.29 is 9.53 Å². The minimum Gasteiger partial charge on any atom is -0.494 e. The van der Waals surface area contributed by atoms with Crippen molar-refractivity contribution in [1.82, 2.24) is 15.3 Å². The lowest BCUT2D eigenvalue weighted by molar-refractivity contribution is 0.0950. The lowest BCUT2D eigenvalue weighted by Crippen LogP contribution is -2.25. The van der Waals surface area contributed by atoms with Crippen molar-refractivity contribution >= 4 is 28.1 Å². The van der Waals surface area contributed by atoms with E-state index in [0.717, 1.165) is 23.4 Å². The number of anilines is 2. The molecule has 134 valence electrons. The molecule has 1 amide bonds. The molecule has 0 saturated heterocycles. The highest BCUT2D eigenvalue weighted by molar-refractivity contribution is 7.14. The fourth-order valence-corrected chi connectivity index (χ4v) is 3.03. The summed E-state index contributed by atoms with van der Waals surface area (Å²) in [6.45, 7) is 3.15. The number of pyridine rings is 1. The maximum Gasteiger partial charge on any atom is 0.270 e. The molecule has 0 aliphatic rings. The Morgan fingerprint density at radius 2 is 1.92 bits per heavy atom. The van der Waals surface area contributed by atoms with Crippen LogP contribution in [-0.4, -0.2) is 29.0 Å². The molecule has 0 aliphatic carbocycles. The van der Waals surface area contributed by atoms with Crippen molar-refractivity contribution in [3.63, 3.8) is 0 Å². The van der Waals surface area contributed by atoms with Gasteiger partial charge in [0.1, 0.15) is 11.4 Å². The summed E-state index contributed by atoms with van der Waals surface area (Å²) in [7, 11) is 0. The van der Waals surface area contributed by atoms with Crippen molar-refractivity contribution in [2.45, 2.75) is 13.3 Å². The number of carbonyl (C=O) groups excluding carboxylic acids is 1. The van der Waals surface area contributed by atoms with E-state index in [1.54, 1.807) is 17.8 Å². The van der Waals surface area contributed by atoms with Gasteiger partial charge in [-0.25, -0.2) is 4.98 Å². The Morgan fingerprint density at radius 3 is 2.65 bits per heavy atom. The van der Waals surface area contributed by atoms with Crippen LogP contribution in [0, 0.1) is 0 Å². The summed E-state index contributed by atoms with van der Waals surface area (Å²) in [4.78, 5) is 20.5. The summed E-state index contributed by atoms with van der Waals surface area (Å²) in [6.07, 6.45) is 4.25. The zero-order valence-corrected chi connectivity index (χ0v) is 15.3. The molecule has 1 aromatic carbocycles. The largest absolute Gasteiger partial charge is 0.494 e. The van der Waals surface area contributed by atoms with E-state index in [-0.39, 0.29) is 5.91 Å². The number of benzene rings is 1. The number of hydrogen-bond acceptors (Lipinski definition) is 6. The summed E-state index contributed by atoms with van der Waals surface area (Å²) in [5, 5.41) is 8.51. The van der Waals surface area contributed by atoms with E-state index in [1.165, 1.54) is 11.3 Å². The van der Waals surface area contributed by atoms with Crippen molar-refractivity contribution in [3.8, 4) is 5.75 Å². The average Bonchev–Trinajstić information content (AvgIpc) is 3.13. The van der Waals surface area contributed by atoms with Gasteiger partial charge in [-0.15, -0.1) is 11.3 Å². The van der Waals surface area contributed by atoms with E-state index < -0.39 is 0 Å². The first-order valence-corrected chi connectivity index (χ1v) is 9.25. The van der Waals surface area contributed by atoms with Gasteiger partial charge in [-0.1, -0.05) is 0 Å². The molecule has 0 bridgehead atoms. The number of nitrogens with one attached hydrogen (secondary N) is 2. The van der Waals surface area contributed by atoms with Gasteiger partial charge in [-0.2, -0.15) is 0 Å². The third-order valence-electron chi connectivity index (χ3n) is 3.60. The first kappa shape index (κ1) is 17.9. The maximum atomic E-state index is 12.2. The van der Waals surface area contributed by atoms with Crippen LogP contribution in [0.3, 0.4) is 0 Å². The van der Waals surface area contributed by atoms with Gasteiger partial charge in [0.05, 0.1) is 6.61 Å². The van der Waals surface area contributed by atoms with Crippen LogP contribution in [0.4, 0.5) is 10.8 Å². The summed E-state index contributed by atoms with van der Waals surface area (Å²) >= 11 is 1.39. The lowest BCUT2D eigenvalue weighted by Gasteiger charge is -2.05. The highest BCUT2D eigenvalue weighted by Gasteiger charge is 2.10. The summed E-state index contributed by atoms with van der Waals surface area (Å²) < 4.78 is 5.42. The molecule has 0 unspecified atom stereocenters. The predicted octanol–water partition coefficient (Wildman–Crippen LogP) is 3.65. The number of amides is 1. The molecule has 6 nitrogen and oxygen atoms in total. The third-order valence-corrected chi connectivity index (χ3v) is 4.36. The molecule has 7 heteroatoms. The van der Waals surface area contributed by atoms with Crippen LogP contribution in [0.15, 0.2) is 54.2 Å². The number of ether oxygens (including phenoxy) is 1. The second-order valence-electron chi connectivity index (χ2n) is 5.48. The van der Waals surface area contributed by atoms with Crippen LogP contribution in [0.2, 0.25) is 0 Å². The minimum atomic E-state index is -0.171. The van der Waals surface area contributed by atoms with Crippen LogP contribution in [0.5, 0.6) is 5.75 Å². The van der Waals surface area contributed by atoms with Gasteiger partial charge in [0, 0.05) is 30.0 Å². The molecule has 0 saturated carbocycles. The minimum absolute atomic E-state index is 0.171. The number of carbonyl (C=O) groups is 1. The molecular weight excluding hydrogens is 348 g/mol. The molecule has 2 aromatic heterocycles. The zero-order valence-electron chi connectivity index (χ0n) is 14.4. The second kappa shape index (κ2) is 8.96. The fourth-order valence-electron chi connectivity index (χ4n) is 2.32. The Kier molecular flexibility index (Phi) is 6.16. The summed E-state index contributed by atoms with van der Waals surface area (Å²) in [6, 6.07) is 11.5. The molecule has 0 fully saturated rings. The van der Waals surface area contributed by atoms with Gasteiger partial charge in [0.25, 0.3) is 5.91 Å². The molecule has 0 aliphatic heterocycles. The van der Waals surface area contributed by atoms with Crippen LogP contribution < -0.4 is 15.4 Å². The van der Waals surface area contributed by atoms with Crippen LogP contribution in [0.1, 0.15) is 23.0 Å². The van der Waals surface area contributed by atoms with Crippen molar-refractivity contribution in [2.24, 2.45) is 0 Å². The van der Waals surface area contributed by atoms with E-state index in [0.29, 0.717) is 24.0 Å². The Labute approximate surface area is 156 Å². The average molecular weight is 368 g/mol. The predicted molar refractivity (Wildman–Crippen MR) is 103 cm³/mol. The number of rotatable bonds is 8. The van der Waals surface area contributed by atoms with Crippen molar-refractivity contribution in [2.75, 3.05) is 18.5 Å². The SMILES string of the molecule is CCOc1ccc(Nc2nc(C(=O)NCCc3ccncc3)cs2)cc1. The molecule has 0 atom stereocenters. The topological polar surface area (TPSA) is 76.1 Å². The molecule has 0 spiro atoms. The molecule has 2 heterocycles. The van der Waals surface area contributed by atoms with Crippen molar-refractivity contribution in [1.29, 1.82) is 0 Å². The Morgan fingerprint density at radius 1 is 1.15 bits per heavy atom. The molecule has 2 N–H and O–H groups in total. The van der Waals surface area contributed by atoms with E-state index in [1.807, 2.05) is 43.3 Å². The highest BCUT2D eigenvalue weighted by atomic mass is 32.1. The quantitative estimate of drug-likeness (QED) is 0.635. The monoisotopic (exact) mass is 368 g/mol. The van der Waals surface area contributed by atoms with Gasteiger partial charge in [0.2, 0.25) is 0 Å². The Balaban J connectivity index is 1.51. The second-order valence-corrected chi connectivity index (χ2v) is 6.34. The molecular formula is C19H20N4O2S. The van der Waals surface area contributed by atoms with E-state index in [4.69, 9.17) is 4.74 Å². The number of hydrogen-bond donors (Lipinski definition) is 2. The van der Waals surface area contributed by atoms with Gasteiger partial charge >= 0.3 is 0 Å². The van der Waals surface area contributed by atoms with Gasteiger partial charge in [0.15, 0.2) is 5.13 Å². The normalized spacial score (nSPS) is 10.3. The van der Waals surface area contributed by atoms with E-state index in [9.17, 15) is 4.79 Å². The molecule has 26 heavy (non-hydrogen) atoms. The summed E-state index contributed by atoms with van der Waals surface area (Å²) in [5.41, 5.74) is 2.45. The smallest absolute Gasteiger partial charge is 0.270 e. The Bertz CT molecular complexity index is 834. The summed E-state index contributed by atoms with van der Waals surface area (Å²) in [5.74, 6) is 0.654. The van der Waals surface area contributed by atoms with Crippen LogP contribution in [-0.2, 0) is 6.42 Å². The molecule has 3 aromatic rings. The van der Waals surface area contributed by atoms with Crippen LogP contribution in [0.25, 0.3) is 0 Å². The zero-order chi connectivity index (χ0) is 18.2. The lowest BCUT2D eigenvalue weighted by atomic mass is 10.2. The van der Waals surface area contributed by atoms with Gasteiger partial charge in [-0.3, -0.25) is 9.78 Å². The first-order valence-electron chi connectivity index (χ1n) is 8.37. The van der Waals surface area contributed by atoms with Crippen LogP contribution >= 0.6 is 11.3 Å². The first-order chi connectivity index (χ1) is 12.7. The van der Waals surface area contributed by atoms with E-state index in [2.05, 4.69) is 20.6 Å². The third kappa shape index (κ3) is 5.03. The number of aromatic nitrogens is 2. The van der Waals surface area contributed by atoms with Gasteiger partial charge in [-0.05, 0) is 55.3 Å². The molecule has 0 radical (unpaired) electrons.